The molecule has 2 aromatic carbocycles. The van der Waals surface area contributed by atoms with Gasteiger partial charge in [0.1, 0.15) is 13.2 Å². The molecule has 0 saturated heterocycles. The van der Waals surface area contributed by atoms with E-state index in [0.717, 1.165) is 11.1 Å². The second kappa shape index (κ2) is 18.2. The van der Waals surface area contributed by atoms with Crippen LogP contribution in [0.5, 0.6) is 0 Å². The first-order chi connectivity index (χ1) is 19.8. The molecular formula is C32H40N2O7. The number of aliphatic hydroxyl groups is 1. The van der Waals surface area contributed by atoms with E-state index in [-0.39, 0.29) is 26.1 Å². The van der Waals surface area contributed by atoms with Crippen molar-refractivity contribution in [1.82, 2.24) is 10.6 Å². The smallest absolute Gasteiger partial charge is 0.332 e. The standard InChI is InChI=1S/C32H40N2O7/c1-4-12-26(19-29(36)33-23(3)20-35)30(37)34-28(32(39)40-21-25-16-10-7-11-17-25)22-41-31(38)27(13-5-2)18-24-14-8-6-9-15-24/h4-11,14-17,23,26-28,35H,1-2,12-13,18-22H2,3H3,(H,33,36)(H,34,37)/t23-,26-,27+,28+/m0/s1. The number of ether oxygens (including phenoxy) is 2. The summed E-state index contributed by atoms with van der Waals surface area (Å²) in [7, 11) is 0. The lowest BCUT2D eigenvalue weighted by molar-refractivity contribution is -0.157. The number of allylic oxidation sites excluding steroid dienone is 2. The molecule has 0 heterocycles. The van der Waals surface area contributed by atoms with Crippen molar-refractivity contribution in [3.05, 3.63) is 97.1 Å². The maximum Gasteiger partial charge on any atom is 0.332 e. The van der Waals surface area contributed by atoms with E-state index in [0.29, 0.717) is 12.8 Å². The van der Waals surface area contributed by atoms with Crippen LogP contribution in [0.1, 0.15) is 37.3 Å². The molecule has 3 N–H and O–H groups in total. The summed E-state index contributed by atoms with van der Waals surface area (Å²) in [5.41, 5.74) is 1.69. The highest BCUT2D eigenvalue weighted by Gasteiger charge is 2.30. The molecule has 2 aromatic rings. The summed E-state index contributed by atoms with van der Waals surface area (Å²) in [4.78, 5) is 51.7. The van der Waals surface area contributed by atoms with E-state index in [1.165, 1.54) is 6.08 Å². The third kappa shape index (κ3) is 12.2. The fraction of sp³-hybridized carbons (Fsp3) is 0.375. The maximum absolute atomic E-state index is 13.2. The first-order valence-corrected chi connectivity index (χ1v) is 13.6. The van der Waals surface area contributed by atoms with Gasteiger partial charge in [-0.2, -0.15) is 0 Å². The van der Waals surface area contributed by atoms with Crippen LogP contribution in [0.2, 0.25) is 0 Å². The van der Waals surface area contributed by atoms with E-state index < -0.39 is 54.3 Å². The number of hydrogen-bond donors (Lipinski definition) is 3. The molecule has 4 atom stereocenters. The van der Waals surface area contributed by atoms with Gasteiger partial charge in [0.15, 0.2) is 6.04 Å². The number of aliphatic hydroxyl groups excluding tert-OH is 1. The van der Waals surface area contributed by atoms with Gasteiger partial charge in [-0.3, -0.25) is 14.4 Å². The van der Waals surface area contributed by atoms with Gasteiger partial charge >= 0.3 is 11.9 Å². The van der Waals surface area contributed by atoms with Crippen LogP contribution in [0.15, 0.2) is 86.0 Å². The second-order valence-electron chi connectivity index (χ2n) is 9.77. The fourth-order valence-electron chi connectivity index (χ4n) is 4.02. The Morgan fingerprint density at radius 2 is 1.41 bits per heavy atom. The Morgan fingerprint density at radius 3 is 2.00 bits per heavy atom. The van der Waals surface area contributed by atoms with Crippen LogP contribution in [0.4, 0.5) is 0 Å². The first kappa shape index (κ1) is 33.0. The molecule has 0 fully saturated rings. The predicted molar refractivity (Wildman–Crippen MR) is 155 cm³/mol. The van der Waals surface area contributed by atoms with E-state index in [4.69, 9.17) is 9.47 Å². The second-order valence-corrected chi connectivity index (χ2v) is 9.77. The van der Waals surface area contributed by atoms with Gasteiger partial charge in [-0.15, -0.1) is 13.2 Å². The summed E-state index contributed by atoms with van der Waals surface area (Å²) >= 11 is 0. The van der Waals surface area contributed by atoms with Gasteiger partial charge in [-0.05, 0) is 37.3 Å². The van der Waals surface area contributed by atoms with Crippen LogP contribution >= 0.6 is 0 Å². The normalized spacial score (nSPS) is 13.5. The van der Waals surface area contributed by atoms with Crippen molar-refractivity contribution in [2.45, 2.75) is 51.3 Å². The number of rotatable bonds is 18. The molecule has 0 radical (unpaired) electrons. The molecule has 0 aliphatic rings. The third-order valence-corrected chi connectivity index (χ3v) is 6.26. The van der Waals surface area contributed by atoms with Gasteiger partial charge in [0.05, 0.1) is 18.4 Å². The molecule has 220 valence electrons. The molecule has 0 unspecified atom stereocenters. The summed E-state index contributed by atoms with van der Waals surface area (Å²) in [5, 5.41) is 14.4. The van der Waals surface area contributed by atoms with Crippen LogP contribution < -0.4 is 10.6 Å². The lowest BCUT2D eigenvalue weighted by Gasteiger charge is -2.22. The van der Waals surface area contributed by atoms with Crippen molar-refractivity contribution in [2.75, 3.05) is 13.2 Å². The Labute approximate surface area is 241 Å². The minimum atomic E-state index is -1.30. The van der Waals surface area contributed by atoms with Crippen LogP contribution in [-0.4, -0.2) is 54.2 Å². The molecule has 9 heteroatoms. The van der Waals surface area contributed by atoms with Gasteiger partial charge in [0, 0.05) is 12.5 Å². The summed E-state index contributed by atoms with van der Waals surface area (Å²) < 4.78 is 11.0. The van der Waals surface area contributed by atoms with E-state index in [2.05, 4.69) is 23.8 Å². The quantitative estimate of drug-likeness (QED) is 0.187. The van der Waals surface area contributed by atoms with Gasteiger partial charge < -0.3 is 25.2 Å². The molecule has 0 spiro atoms. The van der Waals surface area contributed by atoms with E-state index in [1.807, 2.05) is 36.4 Å². The third-order valence-electron chi connectivity index (χ3n) is 6.26. The number of carbonyl (C=O) groups excluding carboxylic acids is 4. The number of hydrogen-bond acceptors (Lipinski definition) is 7. The molecule has 2 rings (SSSR count). The predicted octanol–water partition coefficient (Wildman–Crippen LogP) is 3.27. The van der Waals surface area contributed by atoms with Gasteiger partial charge in [-0.25, -0.2) is 4.79 Å². The molecule has 0 bridgehead atoms. The molecule has 0 aliphatic carbocycles. The highest BCUT2D eigenvalue weighted by atomic mass is 16.6. The van der Waals surface area contributed by atoms with Crippen LogP contribution in [0.3, 0.4) is 0 Å². The summed E-state index contributed by atoms with van der Waals surface area (Å²) in [6.45, 7) is 8.28. The first-order valence-electron chi connectivity index (χ1n) is 13.6. The molecule has 2 amide bonds. The number of carbonyl (C=O) groups is 4. The Balaban J connectivity index is 2.14. The summed E-state index contributed by atoms with van der Waals surface area (Å²) in [5.74, 6) is -3.72. The number of nitrogens with one attached hydrogen (secondary N) is 2. The van der Waals surface area contributed by atoms with Gasteiger partial charge in [0.2, 0.25) is 11.8 Å². The van der Waals surface area contributed by atoms with Gasteiger partial charge in [-0.1, -0.05) is 72.8 Å². The average Bonchev–Trinajstić information content (AvgIpc) is 2.98. The molecule has 0 aliphatic heterocycles. The van der Waals surface area contributed by atoms with Crippen LogP contribution in [0.25, 0.3) is 0 Å². The van der Waals surface area contributed by atoms with Crippen LogP contribution in [0, 0.1) is 11.8 Å². The zero-order chi connectivity index (χ0) is 30.0. The van der Waals surface area contributed by atoms with Crippen LogP contribution in [-0.2, 0) is 41.7 Å². The monoisotopic (exact) mass is 564 g/mol. The molecule has 0 saturated carbocycles. The number of amides is 2. The van der Waals surface area contributed by atoms with E-state index in [1.54, 1.807) is 37.3 Å². The zero-order valence-corrected chi connectivity index (χ0v) is 23.5. The Kier molecular flexibility index (Phi) is 14.6. The molecular weight excluding hydrogens is 524 g/mol. The average molecular weight is 565 g/mol. The highest BCUT2D eigenvalue weighted by Crippen LogP contribution is 2.16. The molecule has 0 aromatic heterocycles. The Hall–Kier alpha value is -4.24. The van der Waals surface area contributed by atoms with Crippen molar-refractivity contribution in [3.63, 3.8) is 0 Å². The van der Waals surface area contributed by atoms with E-state index >= 15 is 0 Å². The zero-order valence-electron chi connectivity index (χ0n) is 23.5. The summed E-state index contributed by atoms with van der Waals surface area (Å²) in [6.07, 6.45) is 3.89. The van der Waals surface area contributed by atoms with Crippen molar-refractivity contribution in [1.29, 1.82) is 0 Å². The fourth-order valence-corrected chi connectivity index (χ4v) is 4.02. The topological polar surface area (TPSA) is 131 Å². The lowest BCUT2D eigenvalue weighted by atomic mass is 9.96. The lowest BCUT2D eigenvalue weighted by Crippen LogP contribution is -2.48. The minimum absolute atomic E-state index is 0.0371. The SMILES string of the molecule is C=CC[C@@H](CC(=O)N[C@@H](C)CO)C(=O)N[C@H](COC(=O)[C@H](CC=C)Cc1ccccc1)C(=O)OCc1ccccc1. The minimum Gasteiger partial charge on any atom is -0.463 e. The number of esters is 2. The Morgan fingerprint density at radius 1 is 0.829 bits per heavy atom. The molecule has 9 nitrogen and oxygen atoms in total. The summed E-state index contributed by atoms with van der Waals surface area (Å²) in [6, 6.07) is 16.7. The van der Waals surface area contributed by atoms with E-state index in [9.17, 15) is 24.3 Å². The maximum atomic E-state index is 13.2. The van der Waals surface area contributed by atoms with Gasteiger partial charge in [0.25, 0.3) is 0 Å². The van der Waals surface area contributed by atoms with Crippen molar-refractivity contribution < 1.29 is 33.8 Å². The van der Waals surface area contributed by atoms with Crippen molar-refractivity contribution in [2.24, 2.45) is 11.8 Å². The number of benzene rings is 2. The molecule has 41 heavy (non-hydrogen) atoms. The van der Waals surface area contributed by atoms with Crippen molar-refractivity contribution >= 4 is 23.8 Å². The highest BCUT2D eigenvalue weighted by molar-refractivity contribution is 5.89. The van der Waals surface area contributed by atoms with Crippen molar-refractivity contribution in [3.8, 4) is 0 Å². The largest absolute Gasteiger partial charge is 0.463 e. The Bertz CT molecular complexity index is 1140.